The summed E-state index contributed by atoms with van der Waals surface area (Å²) in [7, 11) is 0. The van der Waals surface area contributed by atoms with Gasteiger partial charge in [0, 0.05) is 36.1 Å². The van der Waals surface area contributed by atoms with Crippen molar-refractivity contribution in [1.29, 1.82) is 0 Å². The van der Waals surface area contributed by atoms with Crippen molar-refractivity contribution in [3.8, 4) is 0 Å². The molecule has 0 amide bonds. The van der Waals surface area contributed by atoms with E-state index >= 15 is 0 Å². The second-order valence-corrected chi connectivity index (χ2v) is 9.98. The Hall–Kier alpha value is -2.56. The molecule has 2 saturated carbocycles. The Balaban J connectivity index is 0.000000259. The number of rotatable bonds is 4. The lowest BCUT2D eigenvalue weighted by molar-refractivity contribution is -0.133. The molecule has 0 heterocycles. The van der Waals surface area contributed by atoms with Crippen LogP contribution in [0.3, 0.4) is 0 Å². The number of aryl methyl sites for hydroxylation is 1. The zero-order chi connectivity index (χ0) is 24.3. The van der Waals surface area contributed by atoms with Crippen molar-refractivity contribution >= 4 is 23.6 Å². The first-order chi connectivity index (χ1) is 14.9. The minimum Gasteiger partial charge on any atom is -0.402 e. The van der Waals surface area contributed by atoms with E-state index in [4.69, 9.17) is 5.73 Å². The fourth-order valence-corrected chi connectivity index (χ4v) is 3.69. The van der Waals surface area contributed by atoms with E-state index in [-0.39, 0.29) is 35.1 Å². The van der Waals surface area contributed by atoms with E-state index in [0.717, 1.165) is 24.7 Å². The molecule has 32 heavy (non-hydrogen) atoms. The Kier molecular flexibility index (Phi) is 11.2. The molecule has 5 heteroatoms. The summed E-state index contributed by atoms with van der Waals surface area (Å²) in [6.07, 6.45) is 8.73. The summed E-state index contributed by atoms with van der Waals surface area (Å²) in [5.41, 5.74) is 8.10. The van der Waals surface area contributed by atoms with E-state index in [1.54, 1.807) is 0 Å². The lowest BCUT2D eigenvalue weighted by Crippen LogP contribution is -2.28. The number of hydrogen-bond acceptors (Lipinski definition) is 5. The highest BCUT2D eigenvalue weighted by molar-refractivity contribution is 6.04. The molecule has 2 N–H and O–H groups in total. The van der Waals surface area contributed by atoms with Crippen molar-refractivity contribution in [1.82, 2.24) is 0 Å². The second kappa shape index (κ2) is 13.1. The number of nitrogens with two attached hydrogens (primary N) is 1. The normalized spacial score (nSPS) is 18.4. The third kappa shape index (κ3) is 10.7. The molecule has 0 saturated heterocycles. The van der Waals surface area contributed by atoms with Gasteiger partial charge in [-0.2, -0.15) is 0 Å². The van der Waals surface area contributed by atoms with Crippen LogP contribution >= 0.6 is 0 Å². The molecule has 1 aromatic carbocycles. The van der Waals surface area contributed by atoms with Crippen LogP contribution in [0.15, 0.2) is 36.0 Å². The fourth-order valence-electron chi connectivity index (χ4n) is 3.69. The SMILES string of the molecule is CC1(C)CC(=O)CC(=O)C1.Cc1ccc(C(=O)C=C(N)C(C)C)cc1.O=CC1CCCC1. The van der Waals surface area contributed by atoms with Crippen LogP contribution in [-0.4, -0.2) is 23.6 Å². The molecule has 0 aromatic heterocycles. The van der Waals surface area contributed by atoms with Gasteiger partial charge in [0.15, 0.2) is 5.78 Å². The van der Waals surface area contributed by atoms with Crippen molar-refractivity contribution in [3.05, 3.63) is 47.2 Å². The Labute approximate surface area is 192 Å². The van der Waals surface area contributed by atoms with Crippen molar-refractivity contribution in [2.24, 2.45) is 23.0 Å². The van der Waals surface area contributed by atoms with Gasteiger partial charge in [-0.1, -0.05) is 70.4 Å². The number of hydrogen-bond donors (Lipinski definition) is 1. The first kappa shape index (κ1) is 27.5. The van der Waals surface area contributed by atoms with Crippen LogP contribution in [0.2, 0.25) is 0 Å². The maximum absolute atomic E-state index is 11.7. The van der Waals surface area contributed by atoms with Gasteiger partial charge in [-0.05, 0) is 31.1 Å². The smallest absolute Gasteiger partial charge is 0.187 e. The van der Waals surface area contributed by atoms with Gasteiger partial charge < -0.3 is 10.5 Å². The van der Waals surface area contributed by atoms with E-state index in [1.165, 1.54) is 18.9 Å². The molecule has 0 atom stereocenters. The number of benzene rings is 1. The Morgan fingerprint density at radius 2 is 1.53 bits per heavy atom. The molecule has 2 aliphatic rings. The van der Waals surface area contributed by atoms with Gasteiger partial charge in [-0.15, -0.1) is 0 Å². The third-order valence-corrected chi connectivity index (χ3v) is 5.64. The monoisotopic (exact) mass is 441 g/mol. The quantitative estimate of drug-likeness (QED) is 0.293. The topological polar surface area (TPSA) is 94.3 Å². The molecule has 1 aromatic rings. The maximum Gasteiger partial charge on any atom is 0.187 e. The molecule has 0 spiro atoms. The zero-order valence-electron chi connectivity index (χ0n) is 20.3. The minimum absolute atomic E-state index is 0.0267. The van der Waals surface area contributed by atoms with Crippen LogP contribution in [0.1, 0.15) is 88.6 Å². The van der Waals surface area contributed by atoms with Crippen LogP contribution in [0, 0.1) is 24.2 Å². The fraction of sp³-hybridized carbons (Fsp3) is 0.556. The molecular formula is C27H39NO4. The highest BCUT2D eigenvalue weighted by atomic mass is 16.2. The van der Waals surface area contributed by atoms with Crippen LogP contribution < -0.4 is 5.73 Å². The number of Topliss-reactive ketones (excluding diaryl/α,β-unsaturated/α-hetero) is 2. The lowest BCUT2D eigenvalue weighted by atomic mass is 9.76. The third-order valence-electron chi connectivity index (χ3n) is 5.64. The standard InChI is InChI=1S/C13H17NO.C8H12O2.C6H10O/c1-9(2)12(14)8-13(15)11-6-4-10(3)5-7-11;1-8(2)4-6(9)3-7(10)5-8;7-5-6-3-1-2-4-6/h4-9H,14H2,1-3H3;3-5H2,1-2H3;5-6H,1-4H2. The Morgan fingerprint density at radius 1 is 1.03 bits per heavy atom. The van der Waals surface area contributed by atoms with Gasteiger partial charge in [-0.25, -0.2) is 0 Å². The van der Waals surface area contributed by atoms with Crippen LogP contribution in [0.25, 0.3) is 0 Å². The highest BCUT2D eigenvalue weighted by Crippen LogP contribution is 2.30. The largest absolute Gasteiger partial charge is 0.402 e. The summed E-state index contributed by atoms with van der Waals surface area (Å²) >= 11 is 0. The molecule has 3 rings (SSSR count). The number of allylic oxidation sites excluding steroid dienone is 2. The predicted octanol–water partition coefficient (Wildman–Crippen LogP) is 5.39. The molecule has 0 bridgehead atoms. The average Bonchev–Trinajstić information content (AvgIpc) is 3.21. The first-order valence-corrected chi connectivity index (χ1v) is 11.5. The summed E-state index contributed by atoms with van der Waals surface area (Å²) in [6.45, 7) is 9.85. The molecule has 2 fully saturated rings. The Morgan fingerprint density at radius 3 is 1.91 bits per heavy atom. The summed E-state index contributed by atoms with van der Waals surface area (Å²) in [6, 6.07) is 7.49. The molecular weight excluding hydrogens is 402 g/mol. The van der Waals surface area contributed by atoms with Crippen molar-refractivity contribution in [3.63, 3.8) is 0 Å². The predicted molar refractivity (Wildman–Crippen MR) is 128 cm³/mol. The number of ketones is 3. The lowest BCUT2D eigenvalue weighted by Gasteiger charge is -2.26. The van der Waals surface area contributed by atoms with Crippen LogP contribution in [0.4, 0.5) is 0 Å². The van der Waals surface area contributed by atoms with Crippen LogP contribution in [-0.2, 0) is 14.4 Å². The zero-order valence-corrected chi connectivity index (χ0v) is 20.3. The molecule has 2 aliphatic carbocycles. The minimum atomic E-state index is -0.0770. The number of carbonyl (C=O) groups is 4. The molecule has 176 valence electrons. The van der Waals surface area contributed by atoms with Crippen molar-refractivity contribution < 1.29 is 19.2 Å². The number of carbonyl (C=O) groups excluding carboxylic acids is 4. The van der Waals surface area contributed by atoms with Crippen molar-refractivity contribution in [2.45, 2.75) is 79.6 Å². The molecule has 0 radical (unpaired) electrons. The number of aldehydes is 1. The summed E-state index contributed by atoms with van der Waals surface area (Å²) < 4.78 is 0. The van der Waals surface area contributed by atoms with E-state index in [9.17, 15) is 19.2 Å². The summed E-state index contributed by atoms with van der Waals surface area (Å²) in [4.78, 5) is 43.5. The van der Waals surface area contributed by atoms with E-state index in [2.05, 4.69) is 0 Å². The van der Waals surface area contributed by atoms with Gasteiger partial charge in [0.05, 0.1) is 6.42 Å². The van der Waals surface area contributed by atoms with Gasteiger partial charge >= 0.3 is 0 Å². The molecule has 0 unspecified atom stereocenters. The van der Waals surface area contributed by atoms with Gasteiger partial charge in [0.1, 0.15) is 17.9 Å². The van der Waals surface area contributed by atoms with E-state index in [0.29, 0.717) is 30.0 Å². The van der Waals surface area contributed by atoms with E-state index < -0.39 is 0 Å². The van der Waals surface area contributed by atoms with Gasteiger partial charge in [-0.3, -0.25) is 14.4 Å². The van der Waals surface area contributed by atoms with E-state index in [1.807, 2.05) is 58.9 Å². The Bertz CT molecular complexity index is 795. The van der Waals surface area contributed by atoms with Crippen LogP contribution in [0.5, 0.6) is 0 Å². The molecule has 5 nitrogen and oxygen atoms in total. The van der Waals surface area contributed by atoms with Gasteiger partial charge in [0.2, 0.25) is 0 Å². The van der Waals surface area contributed by atoms with Crippen molar-refractivity contribution in [2.75, 3.05) is 0 Å². The summed E-state index contributed by atoms with van der Waals surface area (Å²) in [5, 5.41) is 0. The first-order valence-electron chi connectivity index (χ1n) is 11.5. The highest BCUT2D eigenvalue weighted by Gasteiger charge is 2.31. The average molecular weight is 442 g/mol. The second-order valence-electron chi connectivity index (χ2n) is 9.98. The maximum atomic E-state index is 11.7. The molecule has 0 aliphatic heterocycles. The van der Waals surface area contributed by atoms with Gasteiger partial charge in [0.25, 0.3) is 0 Å². The summed E-state index contributed by atoms with van der Waals surface area (Å²) in [5.74, 6) is 0.795.